The molecule has 20 heavy (non-hydrogen) atoms. The summed E-state index contributed by atoms with van der Waals surface area (Å²) in [6.07, 6.45) is 5.70. The number of fused-ring (bicyclic) bond motifs is 1. The highest BCUT2D eigenvalue weighted by Crippen LogP contribution is 2.26. The van der Waals surface area contributed by atoms with Crippen molar-refractivity contribution in [3.8, 4) is 0 Å². The standard InChI is InChI=1S/C18H26N2/c1-4-19-17(11-7-8-14(2)3)16-12-13-20-18-10-6-5-9-15(16)18/h5-6,9-10,12-14,17,19H,4,7-8,11H2,1-3H3. The van der Waals surface area contributed by atoms with Gasteiger partial charge in [-0.1, -0.05) is 51.8 Å². The Morgan fingerprint density at radius 1 is 1.10 bits per heavy atom. The minimum atomic E-state index is 0.437. The minimum absolute atomic E-state index is 0.437. The van der Waals surface area contributed by atoms with Gasteiger partial charge in [0.05, 0.1) is 5.52 Å². The lowest BCUT2D eigenvalue weighted by molar-refractivity contribution is 0.457. The molecule has 1 unspecified atom stereocenters. The first-order valence-electron chi connectivity index (χ1n) is 7.79. The summed E-state index contributed by atoms with van der Waals surface area (Å²) in [5, 5.41) is 4.92. The van der Waals surface area contributed by atoms with Crippen molar-refractivity contribution < 1.29 is 0 Å². The summed E-state index contributed by atoms with van der Waals surface area (Å²) in [4.78, 5) is 4.47. The molecular formula is C18H26N2. The third-order valence-corrected chi connectivity index (χ3v) is 3.78. The average Bonchev–Trinajstić information content (AvgIpc) is 2.45. The molecule has 2 rings (SSSR count). The average molecular weight is 270 g/mol. The normalized spacial score (nSPS) is 13.0. The topological polar surface area (TPSA) is 24.9 Å². The summed E-state index contributed by atoms with van der Waals surface area (Å²) >= 11 is 0. The molecule has 1 heterocycles. The first-order valence-corrected chi connectivity index (χ1v) is 7.79. The molecule has 0 spiro atoms. The fourth-order valence-electron chi connectivity index (χ4n) is 2.77. The van der Waals surface area contributed by atoms with Crippen LogP contribution in [-0.4, -0.2) is 11.5 Å². The molecule has 1 N–H and O–H groups in total. The molecule has 0 bridgehead atoms. The largest absolute Gasteiger partial charge is 0.310 e. The second-order valence-electron chi connectivity index (χ2n) is 5.85. The maximum atomic E-state index is 4.47. The number of hydrogen-bond acceptors (Lipinski definition) is 2. The van der Waals surface area contributed by atoms with Gasteiger partial charge in [-0.15, -0.1) is 0 Å². The van der Waals surface area contributed by atoms with Crippen LogP contribution in [0.15, 0.2) is 36.5 Å². The van der Waals surface area contributed by atoms with Crippen LogP contribution in [0.4, 0.5) is 0 Å². The van der Waals surface area contributed by atoms with Crippen LogP contribution in [0, 0.1) is 5.92 Å². The summed E-state index contributed by atoms with van der Waals surface area (Å²) in [6.45, 7) is 7.77. The highest BCUT2D eigenvalue weighted by Gasteiger charge is 2.13. The van der Waals surface area contributed by atoms with Crippen LogP contribution in [0.5, 0.6) is 0 Å². The van der Waals surface area contributed by atoms with Gasteiger partial charge >= 0.3 is 0 Å². The van der Waals surface area contributed by atoms with E-state index in [9.17, 15) is 0 Å². The van der Waals surface area contributed by atoms with Crippen molar-refractivity contribution in [1.29, 1.82) is 0 Å². The molecule has 0 aliphatic carbocycles. The molecule has 0 amide bonds. The molecule has 2 nitrogen and oxygen atoms in total. The Labute approximate surface area is 122 Å². The molecule has 2 aromatic rings. The van der Waals surface area contributed by atoms with E-state index in [1.54, 1.807) is 0 Å². The van der Waals surface area contributed by atoms with E-state index >= 15 is 0 Å². The molecule has 1 atom stereocenters. The van der Waals surface area contributed by atoms with Gasteiger partial charge in [0.15, 0.2) is 0 Å². The van der Waals surface area contributed by atoms with E-state index in [1.165, 1.54) is 30.2 Å². The van der Waals surface area contributed by atoms with Crippen LogP contribution in [0.2, 0.25) is 0 Å². The van der Waals surface area contributed by atoms with E-state index in [0.29, 0.717) is 6.04 Å². The molecule has 1 aromatic heterocycles. The van der Waals surface area contributed by atoms with Gasteiger partial charge in [0.1, 0.15) is 0 Å². The number of nitrogens with one attached hydrogen (secondary N) is 1. The summed E-state index contributed by atoms with van der Waals surface area (Å²) in [7, 11) is 0. The molecule has 0 radical (unpaired) electrons. The van der Waals surface area contributed by atoms with Gasteiger partial charge in [0.25, 0.3) is 0 Å². The van der Waals surface area contributed by atoms with Gasteiger partial charge in [-0.25, -0.2) is 0 Å². The van der Waals surface area contributed by atoms with Crippen LogP contribution in [-0.2, 0) is 0 Å². The van der Waals surface area contributed by atoms with E-state index in [1.807, 2.05) is 6.20 Å². The first kappa shape index (κ1) is 15.0. The Hall–Kier alpha value is -1.41. The fourth-order valence-corrected chi connectivity index (χ4v) is 2.77. The van der Waals surface area contributed by atoms with Crippen molar-refractivity contribution >= 4 is 10.9 Å². The lowest BCUT2D eigenvalue weighted by atomic mass is 9.95. The Morgan fingerprint density at radius 3 is 2.65 bits per heavy atom. The maximum Gasteiger partial charge on any atom is 0.0705 e. The number of hydrogen-bond donors (Lipinski definition) is 1. The van der Waals surface area contributed by atoms with E-state index < -0.39 is 0 Å². The molecule has 0 fully saturated rings. The van der Waals surface area contributed by atoms with Crippen LogP contribution in [0.3, 0.4) is 0 Å². The summed E-state index contributed by atoms with van der Waals surface area (Å²) in [5.41, 5.74) is 2.48. The van der Waals surface area contributed by atoms with Gasteiger partial charge in [-0.05, 0) is 36.6 Å². The molecular weight excluding hydrogens is 244 g/mol. The van der Waals surface area contributed by atoms with Gasteiger partial charge in [0, 0.05) is 17.6 Å². The molecule has 0 saturated carbocycles. The Morgan fingerprint density at radius 2 is 1.90 bits per heavy atom. The monoisotopic (exact) mass is 270 g/mol. The third kappa shape index (κ3) is 3.80. The SMILES string of the molecule is CCNC(CCCC(C)C)c1ccnc2ccccc12. The molecule has 108 valence electrons. The minimum Gasteiger partial charge on any atom is -0.310 e. The number of aromatic nitrogens is 1. The van der Waals surface area contributed by atoms with Crippen LogP contribution >= 0.6 is 0 Å². The van der Waals surface area contributed by atoms with Gasteiger partial charge < -0.3 is 5.32 Å². The molecule has 0 aliphatic heterocycles. The van der Waals surface area contributed by atoms with E-state index in [-0.39, 0.29) is 0 Å². The lowest BCUT2D eigenvalue weighted by Gasteiger charge is -2.20. The summed E-state index contributed by atoms with van der Waals surface area (Å²) < 4.78 is 0. The van der Waals surface area contributed by atoms with Crippen LogP contribution in [0.25, 0.3) is 10.9 Å². The quantitative estimate of drug-likeness (QED) is 0.788. The van der Waals surface area contributed by atoms with Crippen molar-refractivity contribution in [3.63, 3.8) is 0 Å². The van der Waals surface area contributed by atoms with Crippen molar-refractivity contribution in [2.45, 2.75) is 46.1 Å². The number of rotatable bonds is 7. The highest BCUT2D eigenvalue weighted by molar-refractivity contribution is 5.82. The zero-order valence-corrected chi connectivity index (χ0v) is 12.9. The second-order valence-corrected chi connectivity index (χ2v) is 5.85. The second kappa shape index (κ2) is 7.39. The van der Waals surface area contributed by atoms with Gasteiger partial charge in [0.2, 0.25) is 0 Å². The predicted octanol–water partition coefficient (Wildman–Crippen LogP) is 4.71. The number of benzene rings is 1. The summed E-state index contributed by atoms with van der Waals surface area (Å²) in [6, 6.07) is 11.0. The Balaban J connectivity index is 2.22. The third-order valence-electron chi connectivity index (χ3n) is 3.78. The zero-order chi connectivity index (χ0) is 14.4. The van der Waals surface area contributed by atoms with E-state index in [4.69, 9.17) is 0 Å². The molecule has 1 aromatic carbocycles. The van der Waals surface area contributed by atoms with E-state index in [0.717, 1.165) is 18.0 Å². The number of para-hydroxylation sites is 1. The molecule has 0 aliphatic rings. The smallest absolute Gasteiger partial charge is 0.0705 e. The Bertz CT molecular complexity index is 528. The van der Waals surface area contributed by atoms with Gasteiger partial charge in [-0.2, -0.15) is 0 Å². The summed E-state index contributed by atoms with van der Waals surface area (Å²) in [5.74, 6) is 0.784. The maximum absolute atomic E-state index is 4.47. The Kier molecular flexibility index (Phi) is 5.54. The fraction of sp³-hybridized carbons (Fsp3) is 0.500. The first-order chi connectivity index (χ1) is 9.72. The zero-order valence-electron chi connectivity index (χ0n) is 12.9. The molecule has 0 saturated heterocycles. The number of pyridine rings is 1. The van der Waals surface area contributed by atoms with Gasteiger partial charge in [-0.3, -0.25) is 4.98 Å². The van der Waals surface area contributed by atoms with Crippen molar-refractivity contribution in [2.24, 2.45) is 5.92 Å². The number of nitrogens with zero attached hydrogens (tertiary/aromatic N) is 1. The highest BCUT2D eigenvalue weighted by atomic mass is 14.9. The van der Waals surface area contributed by atoms with Crippen LogP contribution in [0.1, 0.15) is 51.6 Å². The van der Waals surface area contributed by atoms with Crippen LogP contribution < -0.4 is 5.32 Å². The predicted molar refractivity (Wildman–Crippen MR) is 86.8 cm³/mol. The van der Waals surface area contributed by atoms with Crippen molar-refractivity contribution in [2.75, 3.05) is 6.54 Å². The molecule has 2 heteroatoms. The van der Waals surface area contributed by atoms with Crippen molar-refractivity contribution in [3.05, 3.63) is 42.1 Å². The van der Waals surface area contributed by atoms with E-state index in [2.05, 4.69) is 61.4 Å². The van der Waals surface area contributed by atoms with Crippen molar-refractivity contribution in [1.82, 2.24) is 10.3 Å². The lowest BCUT2D eigenvalue weighted by Crippen LogP contribution is -2.21.